The van der Waals surface area contributed by atoms with E-state index in [9.17, 15) is 5.11 Å². The zero-order valence-corrected chi connectivity index (χ0v) is 27.1. The molecule has 5 rings (SSSR count). The topological polar surface area (TPSA) is 84.8 Å². The van der Waals surface area contributed by atoms with Gasteiger partial charge in [-0.05, 0) is 54.7 Å². The van der Waals surface area contributed by atoms with Crippen LogP contribution in [0, 0.1) is 5.82 Å². The summed E-state index contributed by atoms with van der Waals surface area (Å²) in [6.07, 6.45) is 4.97. The predicted molar refractivity (Wildman–Crippen MR) is 168 cm³/mol. The fourth-order valence-electron chi connectivity index (χ4n) is 6.35. The number of fused-ring (bicyclic) bond motifs is 2. The molecule has 3 heterocycles. The first-order chi connectivity index (χ1) is 22.0. The van der Waals surface area contributed by atoms with E-state index >= 15 is 4.39 Å². The number of benzene rings is 2. The van der Waals surface area contributed by atoms with E-state index < -0.39 is 29.7 Å². The third-order valence-corrected chi connectivity index (χ3v) is 9.00. The molecule has 0 aromatic heterocycles. The molecule has 3 fully saturated rings. The first kappa shape index (κ1) is 34.2. The third-order valence-electron chi connectivity index (χ3n) is 9.00. The smallest absolute Gasteiger partial charge is 0.225 e. The molecule has 9 heteroatoms. The van der Waals surface area contributed by atoms with Crippen LogP contribution in [0.1, 0.15) is 82.4 Å². The third kappa shape index (κ3) is 7.73. The minimum absolute atomic E-state index is 0.0658. The van der Waals surface area contributed by atoms with Crippen LogP contribution in [0.4, 0.5) is 4.39 Å². The van der Waals surface area contributed by atoms with Gasteiger partial charge in [0.05, 0.1) is 26.4 Å². The zero-order valence-electron chi connectivity index (χ0n) is 27.1. The minimum Gasteiger partial charge on any atom is -0.488 e. The SMILES string of the molecule is CCCCOC1[C@@H](OCCCC)[C@H](OCCCC)C2(CO)COC1(c1ccc(F)c(Cc3ccc(OC4CCOC4)cc3)c1)O2. The number of hydrogen-bond acceptors (Lipinski definition) is 8. The van der Waals surface area contributed by atoms with Gasteiger partial charge in [0.25, 0.3) is 0 Å². The molecule has 0 amide bonds. The van der Waals surface area contributed by atoms with Gasteiger partial charge in [-0.1, -0.05) is 58.2 Å². The second-order valence-electron chi connectivity index (χ2n) is 12.5. The van der Waals surface area contributed by atoms with Gasteiger partial charge in [-0.15, -0.1) is 0 Å². The van der Waals surface area contributed by atoms with E-state index in [-0.39, 0.29) is 25.1 Å². The van der Waals surface area contributed by atoms with Crippen LogP contribution in [0.5, 0.6) is 5.75 Å². The first-order valence-corrected chi connectivity index (χ1v) is 16.9. The maximum Gasteiger partial charge on any atom is 0.225 e. The maximum absolute atomic E-state index is 15.4. The molecule has 2 aromatic carbocycles. The van der Waals surface area contributed by atoms with Crippen LogP contribution < -0.4 is 4.74 Å². The molecule has 0 spiro atoms. The molecular formula is C36H51FO8. The highest BCUT2D eigenvalue weighted by Crippen LogP contribution is 2.52. The van der Waals surface area contributed by atoms with Crippen molar-refractivity contribution in [1.82, 2.24) is 0 Å². The van der Waals surface area contributed by atoms with E-state index in [4.69, 9.17) is 33.2 Å². The van der Waals surface area contributed by atoms with Gasteiger partial charge in [0.15, 0.2) is 0 Å². The Morgan fingerprint density at radius 3 is 2.22 bits per heavy atom. The molecule has 0 aliphatic carbocycles. The standard InChI is InChI=1S/C36H51FO8/c1-4-7-17-40-32-33(41-18-8-5-2)35(24-38)25-43-36(45-35,34(32)42-19-9-6-3)28-12-15-31(37)27(22-28)21-26-10-13-29(14-11-26)44-30-16-20-39-23-30/h10-15,22,30,32-34,38H,4-9,16-21,23-25H2,1-3H3/t30?,32-,33-,34?,35?,36?/m0/s1. The van der Waals surface area contributed by atoms with Crippen molar-refractivity contribution in [2.24, 2.45) is 0 Å². The minimum atomic E-state index is -1.40. The van der Waals surface area contributed by atoms with E-state index in [1.54, 1.807) is 12.1 Å². The Morgan fingerprint density at radius 2 is 1.58 bits per heavy atom. The number of hydrogen-bond donors (Lipinski definition) is 1. The van der Waals surface area contributed by atoms with Crippen LogP contribution in [-0.4, -0.2) is 81.4 Å². The first-order valence-electron chi connectivity index (χ1n) is 16.9. The molecule has 3 aliphatic heterocycles. The molecule has 1 N–H and O–H groups in total. The van der Waals surface area contributed by atoms with Crippen LogP contribution in [0.25, 0.3) is 0 Å². The molecule has 4 unspecified atom stereocenters. The van der Waals surface area contributed by atoms with Crippen molar-refractivity contribution >= 4 is 0 Å². The Kier molecular flexibility index (Phi) is 12.3. The molecule has 6 atom stereocenters. The molecule has 0 saturated carbocycles. The number of aliphatic hydroxyl groups is 1. The average Bonchev–Trinajstić information content (AvgIpc) is 3.70. The highest BCUT2D eigenvalue weighted by molar-refractivity contribution is 5.37. The lowest BCUT2D eigenvalue weighted by atomic mass is 9.83. The Bertz CT molecular complexity index is 1190. The van der Waals surface area contributed by atoms with Crippen LogP contribution >= 0.6 is 0 Å². The molecule has 3 aliphatic rings. The Balaban J connectivity index is 1.45. The van der Waals surface area contributed by atoms with E-state index in [2.05, 4.69) is 20.8 Å². The zero-order chi connectivity index (χ0) is 31.7. The fraction of sp³-hybridized carbons (Fsp3) is 0.667. The Hall–Kier alpha value is -2.11. The van der Waals surface area contributed by atoms with Crippen molar-refractivity contribution < 1.29 is 42.7 Å². The summed E-state index contributed by atoms with van der Waals surface area (Å²) in [4.78, 5) is 0. The van der Waals surface area contributed by atoms with Crippen molar-refractivity contribution in [2.75, 3.05) is 46.2 Å². The van der Waals surface area contributed by atoms with E-state index in [1.165, 1.54) is 6.07 Å². The lowest BCUT2D eigenvalue weighted by molar-refractivity contribution is -0.349. The Morgan fingerprint density at radius 1 is 0.889 bits per heavy atom. The van der Waals surface area contributed by atoms with Crippen LogP contribution in [0.2, 0.25) is 0 Å². The second kappa shape index (κ2) is 16.1. The van der Waals surface area contributed by atoms with Crippen LogP contribution in [0.15, 0.2) is 42.5 Å². The number of rotatable bonds is 18. The van der Waals surface area contributed by atoms with Crippen molar-refractivity contribution in [2.45, 2.75) is 108 Å². The molecule has 2 bridgehead atoms. The average molecular weight is 631 g/mol. The summed E-state index contributed by atoms with van der Waals surface area (Å²) >= 11 is 0. The van der Waals surface area contributed by atoms with Gasteiger partial charge in [-0.25, -0.2) is 4.39 Å². The van der Waals surface area contributed by atoms with Gasteiger partial charge in [0.2, 0.25) is 5.79 Å². The van der Waals surface area contributed by atoms with Gasteiger partial charge in [-0.2, -0.15) is 0 Å². The highest BCUT2D eigenvalue weighted by Gasteiger charge is 2.69. The molecule has 3 saturated heterocycles. The monoisotopic (exact) mass is 630 g/mol. The number of unbranched alkanes of at least 4 members (excludes halogenated alkanes) is 3. The summed E-state index contributed by atoms with van der Waals surface area (Å²) in [5.74, 6) is -0.947. The molecule has 45 heavy (non-hydrogen) atoms. The molecule has 250 valence electrons. The summed E-state index contributed by atoms with van der Waals surface area (Å²) in [7, 11) is 0. The fourth-order valence-corrected chi connectivity index (χ4v) is 6.35. The second-order valence-corrected chi connectivity index (χ2v) is 12.5. The maximum atomic E-state index is 15.4. The molecule has 8 nitrogen and oxygen atoms in total. The largest absolute Gasteiger partial charge is 0.488 e. The number of halogens is 1. The summed E-state index contributed by atoms with van der Waals surface area (Å²) in [5, 5.41) is 10.8. The van der Waals surface area contributed by atoms with Crippen molar-refractivity contribution in [1.29, 1.82) is 0 Å². The highest BCUT2D eigenvalue weighted by atomic mass is 19.1. The predicted octanol–water partition coefficient (Wildman–Crippen LogP) is 6.08. The van der Waals surface area contributed by atoms with Crippen LogP contribution in [0.3, 0.4) is 0 Å². The van der Waals surface area contributed by atoms with Crippen molar-refractivity contribution in [3.8, 4) is 5.75 Å². The van der Waals surface area contributed by atoms with Gasteiger partial charge in [0, 0.05) is 38.2 Å². The van der Waals surface area contributed by atoms with E-state index in [1.807, 2.05) is 24.3 Å². The summed E-state index contributed by atoms with van der Waals surface area (Å²) in [5.41, 5.74) is 0.934. The molecule has 2 aromatic rings. The quantitative estimate of drug-likeness (QED) is 0.198. The van der Waals surface area contributed by atoms with E-state index in [0.29, 0.717) is 44.0 Å². The van der Waals surface area contributed by atoms with Crippen LogP contribution in [-0.2, 0) is 40.6 Å². The molecule has 0 radical (unpaired) electrons. The number of ether oxygens (including phenoxy) is 7. The number of aliphatic hydroxyl groups excluding tert-OH is 1. The summed E-state index contributed by atoms with van der Waals surface area (Å²) in [6.45, 7) is 8.95. The lowest BCUT2D eigenvalue weighted by Gasteiger charge is -2.50. The normalized spacial score (nSPS) is 29.4. The van der Waals surface area contributed by atoms with Gasteiger partial charge < -0.3 is 38.3 Å². The van der Waals surface area contributed by atoms with E-state index in [0.717, 1.165) is 62.9 Å². The van der Waals surface area contributed by atoms with Gasteiger partial charge in [-0.3, -0.25) is 0 Å². The summed E-state index contributed by atoms with van der Waals surface area (Å²) in [6, 6.07) is 12.7. The van der Waals surface area contributed by atoms with Crippen molar-refractivity contribution in [3.05, 3.63) is 65.0 Å². The Labute approximate surface area is 267 Å². The molecular weight excluding hydrogens is 579 g/mol. The van der Waals surface area contributed by atoms with Crippen molar-refractivity contribution in [3.63, 3.8) is 0 Å². The lowest BCUT2D eigenvalue weighted by Crippen LogP contribution is -2.67. The van der Waals surface area contributed by atoms with Gasteiger partial charge >= 0.3 is 0 Å². The van der Waals surface area contributed by atoms with Gasteiger partial charge in [0.1, 0.15) is 41.6 Å². The summed E-state index contributed by atoms with van der Waals surface area (Å²) < 4.78 is 59.7.